The van der Waals surface area contributed by atoms with Gasteiger partial charge in [-0.25, -0.2) is 0 Å². The fourth-order valence-electron chi connectivity index (χ4n) is 5.79. The summed E-state index contributed by atoms with van der Waals surface area (Å²) in [4.78, 5) is -1.59. The van der Waals surface area contributed by atoms with E-state index in [2.05, 4.69) is 20.5 Å². The van der Waals surface area contributed by atoms with E-state index in [9.17, 15) is 48.6 Å². The first kappa shape index (κ1) is 39.4. The molecule has 20 heteroatoms. The molecule has 16 nitrogen and oxygen atoms in total. The smallest absolute Gasteiger partial charge is 0.296 e. The van der Waals surface area contributed by atoms with Gasteiger partial charge in [0.1, 0.15) is 16.3 Å². The molecule has 6 rings (SSSR count). The van der Waals surface area contributed by atoms with Gasteiger partial charge in [0.15, 0.2) is 5.75 Å². The van der Waals surface area contributed by atoms with Crippen molar-refractivity contribution in [2.45, 2.75) is 34.3 Å². The molecule has 2 unspecified atom stereocenters. The number of fused-ring (bicyclic) bond motifs is 2. The van der Waals surface area contributed by atoms with Crippen molar-refractivity contribution in [3.05, 3.63) is 102 Å². The van der Waals surface area contributed by atoms with Crippen LogP contribution >= 0.6 is 0 Å². The summed E-state index contributed by atoms with van der Waals surface area (Å²) in [6.45, 7) is 3.50. The number of phenolic OH excluding ortho intramolecular Hbond substituents is 1. The standard InChI is InChI=1S/C35H29N5O11S4/c1-18-9-21(5-7-28(18)37-39-30-13-23-4-3-20(17-52(42)43)11-24(23)15-32(30)55(49,50)51)22-6-8-29(19(2)10-22)38-40-34-31(53(44)45)14-25-12-26(54(46,47)48)16-27(36)33(25)35(34)41/h3-16,41H,17,36H2,1-2H3,(H,42,43)(H,44,45)(H,46,47,48)(H,49,50,51)/p-2. The van der Waals surface area contributed by atoms with Crippen LogP contribution in [0.1, 0.15) is 16.7 Å². The molecule has 0 amide bonds. The number of rotatable bonds is 10. The Kier molecular flexibility index (Phi) is 10.8. The molecule has 2 atom stereocenters. The van der Waals surface area contributed by atoms with Crippen LogP contribution in [0.4, 0.5) is 28.4 Å². The van der Waals surface area contributed by atoms with Crippen LogP contribution in [0.2, 0.25) is 0 Å². The lowest BCUT2D eigenvalue weighted by molar-refractivity contribution is 0.479. The quantitative estimate of drug-likeness (QED) is 0.0452. The number of phenols is 1. The fraction of sp³-hybridized carbons (Fsp3) is 0.0857. The molecule has 0 aliphatic heterocycles. The molecule has 0 aliphatic carbocycles. The topological polar surface area (TPSA) is 285 Å². The van der Waals surface area contributed by atoms with E-state index in [1.165, 1.54) is 18.2 Å². The summed E-state index contributed by atoms with van der Waals surface area (Å²) < 4.78 is 114. The van der Waals surface area contributed by atoms with E-state index >= 15 is 0 Å². The van der Waals surface area contributed by atoms with Crippen molar-refractivity contribution in [2.24, 2.45) is 20.5 Å². The van der Waals surface area contributed by atoms with Crippen LogP contribution in [0.15, 0.2) is 120 Å². The minimum atomic E-state index is -4.73. The van der Waals surface area contributed by atoms with Gasteiger partial charge in [-0.3, -0.25) is 17.5 Å². The van der Waals surface area contributed by atoms with Crippen molar-refractivity contribution in [2.75, 3.05) is 5.73 Å². The lowest BCUT2D eigenvalue weighted by atomic mass is 10.0. The van der Waals surface area contributed by atoms with Gasteiger partial charge in [0.25, 0.3) is 20.2 Å². The van der Waals surface area contributed by atoms with Crippen LogP contribution in [-0.4, -0.2) is 48.6 Å². The molecule has 284 valence electrons. The second-order valence-electron chi connectivity index (χ2n) is 12.2. The third kappa shape index (κ3) is 8.50. The molecule has 0 fully saturated rings. The molecule has 5 N–H and O–H groups in total. The normalized spacial score (nSPS) is 13.6. The van der Waals surface area contributed by atoms with Crippen molar-refractivity contribution < 1.29 is 48.6 Å². The van der Waals surface area contributed by atoms with E-state index in [0.717, 1.165) is 29.3 Å². The summed E-state index contributed by atoms with van der Waals surface area (Å²) in [6.07, 6.45) is 0. The maximum Gasteiger partial charge on any atom is 0.296 e. The van der Waals surface area contributed by atoms with Gasteiger partial charge in [0.05, 0.1) is 21.2 Å². The number of nitrogens with zero attached hydrogens (tertiary/aromatic N) is 4. The lowest BCUT2D eigenvalue weighted by Crippen LogP contribution is -2.01. The van der Waals surface area contributed by atoms with E-state index in [-0.39, 0.29) is 27.9 Å². The third-order valence-electron chi connectivity index (χ3n) is 8.43. The molecule has 0 radical (unpaired) electrons. The van der Waals surface area contributed by atoms with Crippen LogP contribution in [0.5, 0.6) is 5.75 Å². The molecule has 55 heavy (non-hydrogen) atoms. The highest BCUT2D eigenvalue weighted by Gasteiger charge is 2.21. The Hall–Kier alpha value is -5.32. The monoisotopic (exact) mass is 821 g/mol. The summed E-state index contributed by atoms with van der Waals surface area (Å²) in [6, 6.07) is 20.6. The average molecular weight is 822 g/mol. The number of hydrogen-bond acceptors (Lipinski definition) is 14. The van der Waals surface area contributed by atoms with E-state index in [4.69, 9.17) is 5.73 Å². The minimum absolute atomic E-state index is 0.0726. The van der Waals surface area contributed by atoms with Crippen molar-refractivity contribution in [3.63, 3.8) is 0 Å². The third-order valence-corrected chi connectivity index (χ3v) is 11.4. The van der Waals surface area contributed by atoms with Crippen molar-refractivity contribution in [3.8, 4) is 16.9 Å². The van der Waals surface area contributed by atoms with Gasteiger partial charge in [-0.2, -0.15) is 27.1 Å². The predicted octanol–water partition coefficient (Wildman–Crippen LogP) is 7.51. The Bertz CT molecular complexity index is 2920. The number of nitrogens with two attached hydrogens (primary N) is 1. The number of aromatic hydroxyl groups is 1. The molecular weight excluding hydrogens is 795 g/mol. The Labute approximate surface area is 318 Å². The molecular formula is C35H27N5O11S4-2. The molecule has 6 aromatic carbocycles. The summed E-state index contributed by atoms with van der Waals surface area (Å²) in [7, 11) is -9.42. The number of azo groups is 2. The number of nitrogen functional groups attached to an aromatic ring is 1. The van der Waals surface area contributed by atoms with Crippen LogP contribution in [0, 0.1) is 13.8 Å². The Balaban J connectivity index is 1.28. The Morgan fingerprint density at radius 1 is 0.673 bits per heavy atom. The zero-order valence-electron chi connectivity index (χ0n) is 28.4. The molecule has 0 aromatic heterocycles. The van der Waals surface area contributed by atoms with Crippen molar-refractivity contribution in [1.29, 1.82) is 0 Å². The minimum Gasteiger partial charge on any atom is -0.772 e. The zero-order chi connectivity index (χ0) is 40.0. The highest BCUT2D eigenvalue weighted by molar-refractivity contribution is 7.86. The highest BCUT2D eigenvalue weighted by atomic mass is 32.2. The number of hydrogen-bond donors (Lipinski definition) is 4. The average Bonchev–Trinajstić information content (AvgIpc) is 3.09. The van der Waals surface area contributed by atoms with Crippen LogP contribution in [-0.2, 0) is 48.1 Å². The SMILES string of the molecule is Cc1cc(-c2ccc(N=Nc3c(S(=O)[O-])cc4cc(S(=O)(=O)O)cc(N)c4c3O)c(C)c2)ccc1N=Nc1cc2ccc(CS(=O)[O-])cc2cc1S(=O)(=O)O. The second-order valence-corrected chi connectivity index (χ2v) is 16.8. The summed E-state index contributed by atoms with van der Waals surface area (Å²) in [5.74, 6) is -0.930. The molecule has 0 heterocycles. The van der Waals surface area contributed by atoms with Crippen LogP contribution < -0.4 is 5.73 Å². The van der Waals surface area contributed by atoms with Crippen molar-refractivity contribution in [1.82, 2.24) is 0 Å². The first-order valence-electron chi connectivity index (χ1n) is 15.6. The predicted molar refractivity (Wildman–Crippen MR) is 203 cm³/mol. The van der Waals surface area contributed by atoms with E-state index in [0.29, 0.717) is 38.8 Å². The second kappa shape index (κ2) is 15.1. The molecule has 0 aliphatic rings. The summed E-state index contributed by atoms with van der Waals surface area (Å²) in [5.41, 5.74) is 9.09. The molecule has 0 saturated carbocycles. The number of benzene rings is 6. The van der Waals surface area contributed by atoms with Gasteiger partial charge in [0.2, 0.25) is 0 Å². The summed E-state index contributed by atoms with van der Waals surface area (Å²) in [5, 5.41) is 28.3. The molecule has 0 saturated heterocycles. The number of anilines is 1. The lowest BCUT2D eigenvalue weighted by Gasteiger charge is -2.14. The Morgan fingerprint density at radius 2 is 1.27 bits per heavy atom. The first-order chi connectivity index (χ1) is 25.8. The van der Waals surface area contributed by atoms with E-state index < -0.39 is 68.5 Å². The van der Waals surface area contributed by atoms with Crippen LogP contribution in [0.25, 0.3) is 32.7 Å². The van der Waals surface area contributed by atoms with Crippen LogP contribution in [0.3, 0.4) is 0 Å². The largest absolute Gasteiger partial charge is 0.772 e. The number of aryl methyl sites for hydroxylation is 2. The first-order valence-corrected chi connectivity index (χ1v) is 20.8. The highest BCUT2D eigenvalue weighted by Crippen LogP contribution is 2.44. The van der Waals surface area contributed by atoms with Gasteiger partial charge in [-0.1, -0.05) is 41.4 Å². The van der Waals surface area contributed by atoms with Gasteiger partial charge >= 0.3 is 0 Å². The molecule has 0 bridgehead atoms. The molecule has 6 aromatic rings. The van der Waals surface area contributed by atoms with Crippen molar-refractivity contribution >= 4 is 92.4 Å². The zero-order valence-corrected chi connectivity index (χ0v) is 31.7. The van der Waals surface area contributed by atoms with Gasteiger partial charge in [-0.05, 0) is 124 Å². The van der Waals surface area contributed by atoms with E-state index in [1.54, 1.807) is 56.3 Å². The van der Waals surface area contributed by atoms with Gasteiger partial charge in [0, 0.05) is 16.8 Å². The maximum atomic E-state index is 12.2. The summed E-state index contributed by atoms with van der Waals surface area (Å²) >= 11 is -5.30. The molecule has 0 spiro atoms. The fourth-order valence-corrected chi connectivity index (χ4v) is 7.96. The Morgan fingerprint density at radius 3 is 1.82 bits per heavy atom. The maximum absolute atomic E-state index is 12.2. The van der Waals surface area contributed by atoms with Gasteiger partial charge < -0.3 is 19.9 Å². The van der Waals surface area contributed by atoms with E-state index in [1.807, 2.05) is 6.07 Å². The van der Waals surface area contributed by atoms with Gasteiger partial charge in [-0.15, -0.1) is 10.2 Å².